The molecule has 0 radical (unpaired) electrons. The van der Waals surface area contributed by atoms with Crippen LogP contribution in [-0.4, -0.2) is 13.2 Å². The molecule has 0 atom stereocenters. The summed E-state index contributed by atoms with van der Waals surface area (Å²) in [7, 11) is 1.75. The van der Waals surface area contributed by atoms with Crippen molar-refractivity contribution in [2.45, 2.75) is 45.3 Å². The van der Waals surface area contributed by atoms with Gasteiger partial charge in [0.25, 0.3) is 0 Å². The summed E-state index contributed by atoms with van der Waals surface area (Å²) in [4.78, 5) is 0. The molecule has 2 heteroatoms. The fourth-order valence-corrected chi connectivity index (χ4v) is 2.57. The average Bonchev–Trinajstić information content (AvgIpc) is 2.35. The molecule has 2 rings (SSSR count). The number of methoxy groups -OCH3 is 1. The number of rotatable bonds is 4. The van der Waals surface area contributed by atoms with Gasteiger partial charge in [-0.15, -0.1) is 0 Å². The number of hydrogen-bond donors (Lipinski definition) is 1. The van der Waals surface area contributed by atoms with Crippen LogP contribution in [0.25, 0.3) is 0 Å². The lowest BCUT2D eigenvalue weighted by Gasteiger charge is -2.28. The van der Waals surface area contributed by atoms with Gasteiger partial charge in [-0.05, 0) is 37.7 Å². The Morgan fingerprint density at radius 3 is 2.59 bits per heavy atom. The second-order valence-corrected chi connectivity index (χ2v) is 5.19. The highest BCUT2D eigenvalue weighted by Crippen LogP contribution is 2.27. The molecule has 1 aliphatic carbocycles. The molecule has 0 saturated heterocycles. The molecule has 1 N–H and O–H groups in total. The Bertz CT molecular complexity index is 343. The largest absolute Gasteiger partial charge is 0.382 e. The van der Waals surface area contributed by atoms with Crippen LogP contribution in [0.4, 0.5) is 5.69 Å². The first-order valence-corrected chi connectivity index (χ1v) is 6.63. The Morgan fingerprint density at radius 1 is 1.18 bits per heavy atom. The average molecular weight is 233 g/mol. The van der Waals surface area contributed by atoms with Gasteiger partial charge in [-0.1, -0.05) is 25.1 Å². The van der Waals surface area contributed by atoms with E-state index < -0.39 is 0 Å². The predicted molar refractivity (Wildman–Crippen MR) is 72.2 cm³/mol. The molecule has 1 aliphatic rings. The van der Waals surface area contributed by atoms with Crippen molar-refractivity contribution >= 4 is 5.69 Å². The quantitative estimate of drug-likeness (QED) is 0.853. The van der Waals surface area contributed by atoms with Crippen molar-refractivity contribution in [3.8, 4) is 0 Å². The Morgan fingerprint density at radius 2 is 1.88 bits per heavy atom. The lowest BCUT2D eigenvalue weighted by molar-refractivity contribution is 0.185. The fourth-order valence-electron chi connectivity index (χ4n) is 2.57. The Balaban J connectivity index is 1.98. The molecule has 1 aromatic rings. The maximum absolute atomic E-state index is 5.23. The van der Waals surface area contributed by atoms with Crippen molar-refractivity contribution in [3.63, 3.8) is 0 Å². The van der Waals surface area contributed by atoms with Gasteiger partial charge in [0.1, 0.15) is 0 Å². The molecule has 94 valence electrons. The van der Waals surface area contributed by atoms with Crippen LogP contribution in [-0.2, 0) is 11.3 Å². The normalized spacial score (nSPS) is 24.6. The number of nitrogens with one attached hydrogen (secondary N) is 1. The minimum absolute atomic E-state index is 0.643. The van der Waals surface area contributed by atoms with E-state index in [2.05, 4.69) is 36.5 Å². The summed E-state index contributed by atoms with van der Waals surface area (Å²) in [6.07, 6.45) is 5.29. The Labute approximate surface area is 104 Å². The molecular weight excluding hydrogens is 210 g/mol. The summed E-state index contributed by atoms with van der Waals surface area (Å²) < 4.78 is 5.23. The van der Waals surface area contributed by atoms with E-state index in [9.17, 15) is 0 Å². The topological polar surface area (TPSA) is 21.3 Å². The van der Waals surface area contributed by atoms with E-state index in [1.165, 1.54) is 36.9 Å². The molecule has 17 heavy (non-hydrogen) atoms. The molecule has 0 aliphatic heterocycles. The van der Waals surface area contributed by atoms with E-state index in [4.69, 9.17) is 4.74 Å². The fraction of sp³-hybridized carbons (Fsp3) is 0.600. The Hall–Kier alpha value is -1.02. The highest BCUT2D eigenvalue weighted by atomic mass is 16.5. The van der Waals surface area contributed by atoms with Gasteiger partial charge in [-0.3, -0.25) is 0 Å². The molecule has 0 aromatic heterocycles. The maximum Gasteiger partial charge on any atom is 0.0733 e. The molecule has 1 aromatic carbocycles. The third-order valence-corrected chi connectivity index (χ3v) is 3.69. The molecule has 2 nitrogen and oxygen atoms in total. The summed E-state index contributed by atoms with van der Waals surface area (Å²) in [6, 6.07) is 9.10. The number of ether oxygens (including phenoxy) is 1. The van der Waals surface area contributed by atoms with E-state index in [-0.39, 0.29) is 0 Å². The van der Waals surface area contributed by atoms with Crippen molar-refractivity contribution in [1.29, 1.82) is 0 Å². The van der Waals surface area contributed by atoms with Gasteiger partial charge in [-0.25, -0.2) is 0 Å². The van der Waals surface area contributed by atoms with Gasteiger partial charge < -0.3 is 10.1 Å². The molecule has 0 bridgehead atoms. The van der Waals surface area contributed by atoms with Crippen molar-refractivity contribution < 1.29 is 4.74 Å². The van der Waals surface area contributed by atoms with Crippen molar-refractivity contribution in [2.75, 3.05) is 12.4 Å². The third-order valence-electron chi connectivity index (χ3n) is 3.69. The van der Waals surface area contributed by atoms with E-state index in [1.54, 1.807) is 7.11 Å². The first kappa shape index (κ1) is 12.4. The highest BCUT2D eigenvalue weighted by molar-refractivity contribution is 5.51. The van der Waals surface area contributed by atoms with E-state index in [0.717, 1.165) is 5.92 Å². The zero-order valence-electron chi connectivity index (χ0n) is 10.9. The lowest BCUT2D eigenvalue weighted by atomic mass is 9.87. The Kier molecular flexibility index (Phi) is 4.43. The monoisotopic (exact) mass is 233 g/mol. The molecule has 0 heterocycles. The number of benzene rings is 1. The highest BCUT2D eigenvalue weighted by Gasteiger charge is 2.18. The smallest absolute Gasteiger partial charge is 0.0733 e. The van der Waals surface area contributed by atoms with Gasteiger partial charge in [0.15, 0.2) is 0 Å². The first-order chi connectivity index (χ1) is 8.29. The summed E-state index contributed by atoms with van der Waals surface area (Å²) in [5.41, 5.74) is 2.50. The van der Waals surface area contributed by atoms with Crippen molar-refractivity contribution in [2.24, 2.45) is 5.92 Å². The SMILES string of the molecule is COCc1ccccc1NC1CCC(C)CC1. The summed E-state index contributed by atoms with van der Waals surface area (Å²) in [6.45, 7) is 3.04. The molecule has 0 unspecified atom stereocenters. The zero-order valence-corrected chi connectivity index (χ0v) is 10.9. The second-order valence-electron chi connectivity index (χ2n) is 5.19. The van der Waals surface area contributed by atoms with E-state index in [0.29, 0.717) is 12.6 Å². The summed E-state index contributed by atoms with van der Waals surface area (Å²) >= 11 is 0. The summed E-state index contributed by atoms with van der Waals surface area (Å²) in [5, 5.41) is 3.67. The van der Waals surface area contributed by atoms with Gasteiger partial charge in [0.05, 0.1) is 6.61 Å². The number of para-hydroxylation sites is 1. The van der Waals surface area contributed by atoms with Crippen LogP contribution in [0.2, 0.25) is 0 Å². The maximum atomic E-state index is 5.23. The van der Waals surface area contributed by atoms with Gasteiger partial charge >= 0.3 is 0 Å². The van der Waals surface area contributed by atoms with Gasteiger partial charge in [-0.2, -0.15) is 0 Å². The second kappa shape index (κ2) is 6.06. The van der Waals surface area contributed by atoms with Crippen LogP contribution in [0.1, 0.15) is 38.2 Å². The predicted octanol–water partition coefficient (Wildman–Crippen LogP) is 3.82. The molecule has 0 spiro atoms. The van der Waals surface area contributed by atoms with Crippen LogP contribution in [0, 0.1) is 5.92 Å². The lowest BCUT2D eigenvalue weighted by Crippen LogP contribution is -2.25. The molecule has 1 fully saturated rings. The first-order valence-electron chi connectivity index (χ1n) is 6.63. The third kappa shape index (κ3) is 3.47. The minimum Gasteiger partial charge on any atom is -0.382 e. The minimum atomic E-state index is 0.643. The summed E-state index contributed by atoms with van der Waals surface area (Å²) in [5.74, 6) is 0.905. The van der Waals surface area contributed by atoms with Crippen molar-refractivity contribution in [1.82, 2.24) is 0 Å². The number of hydrogen-bond acceptors (Lipinski definition) is 2. The molecular formula is C15H23NO. The van der Waals surface area contributed by atoms with Crippen LogP contribution in [0.3, 0.4) is 0 Å². The van der Waals surface area contributed by atoms with Crippen molar-refractivity contribution in [3.05, 3.63) is 29.8 Å². The number of anilines is 1. The van der Waals surface area contributed by atoms with Crippen LogP contribution in [0.5, 0.6) is 0 Å². The molecule has 0 amide bonds. The van der Waals surface area contributed by atoms with Gasteiger partial charge in [0, 0.05) is 24.4 Å². The van der Waals surface area contributed by atoms with Crippen LogP contribution in [0.15, 0.2) is 24.3 Å². The van der Waals surface area contributed by atoms with E-state index in [1.807, 2.05) is 0 Å². The standard InChI is InChI=1S/C15H23NO/c1-12-7-9-14(10-8-12)16-15-6-4-3-5-13(15)11-17-2/h3-6,12,14,16H,7-11H2,1-2H3. The molecule has 1 saturated carbocycles. The van der Waals surface area contributed by atoms with Crippen LogP contribution >= 0.6 is 0 Å². The van der Waals surface area contributed by atoms with E-state index >= 15 is 0 Å². The zero-order chi connectivity index (χ0) is 12.1. The van der Waals surface area contributed by atoms with Gasteiger partial charge in [0.2, 0.25) is 0 Å². The van der Waals surface area contributed by atoms with Crippen LogP contribution < -0.4 is 5.32 Å².